The Labute approximate surface area is 127 Å². The van der Waals surface area contributed by atoms with Crippen LogP contribution < -0.4 is 10.6 Å². The monoisotopic (exact) mass is 289 g/mol. The van der Waals surface area contributed by atoms with Gasteiger partial charge in [0.25, 0.3) is 0 Å². The molecule has 0 aliphatic heterocycles. The summed E-state index contributed by atoms with van der Waals surface area (Å²) in [5, 5.41) is 16.9. The van der Waals surface area contributed by atoms with Crippen LogP contribution in [0.2, 0.25) is 0 Å². The van der Waals surface area contributed by atoms with Gasteiger partial charge >= 0.3 is 0 Å². The minimum Gasteiger partial charge on any atom is -0.388 e. The molecule has 1 aliphatic carbocycles. The zero-order valence-corrected chi connectivity index (χ0v) is 13.2. The molecule has 0 aromatic heterocycles. The largest absolute Gasteiger partial charge is 0.388 e. The van der Waals surface area contributed by atoms with Crippen molar-refractivity contribution >= 4 is 5.96 Å². The second kappa shape index (κ2) is 7.46. The highest BCUT2D eigenvalue weighted by Crippen LogP contribution is 2.28. The quantitative estimate of drug-likeness (QED) is 0.576. The summed E-state index contributed by atoms with van der Waals surface area (Å²) in [4.78, 5) is 4.59. The van der Waals surface area contributed by atoms with Crippen LogP contribution in [0.3, 0.4) is 0 Å². The highest BCUT2D eigenvalue weighted by atomic mass is 16.3. The lowest BCUT2D eigenvalue weighted by Crippen LogP contribution is -2.46. The van der Waals surface area contributed by atoms with E-state index in [9.17, 15) is 5.11 Å². The Morgan fingerprint density at radius 3 is 2.48 bits per heavy atom. The number of nitrogens with one attached hydrogen (secondary N) is 2. The van der Waals surface area contributed by atoms with Gasteiger partial charge in [0.2, 0.25) is 0 Å². The van der Waals surface area contributed by atoms with E-state index < -0.39 is 5.60 Å². The lowest BCUT2D eigenvalue weighted by molar-refractivity contribution is 0.0522. The van der Waals surface area contributed by atoms with Gasteiger partial charge in [0.05, 0.1) is 12.1 Å². The van der Waals surface area contributed by atoms with Crippen LogP contribution in [0.15, 0.2) is 29.3 Å². The van der Waals surface area contributed by atoms with E-state index in [-0.39, 0.29) is 0 Å². The summed E-state index contributed by atoms with van der Waals surface area (Å²) in [7, 11) is 0. The number of rotatable bonds is 5. The first-order valence-electron chi connectivity index (χ1n) is 7.91. The number of aliphatic hydroxyl groups is 1. The predicted octanol–water partition coefficient (Wildman–Crippen LogP) is 2.36. The average Bonchev–Trinajstić information content (AvgIpc) is 2.91. The van der Waals surface area contributed by atoms with Crippen molar-refractivity contribution < 1.29 is 5.11 Å². The summed E-state index contributed by atoms with van der Waals surface area (Å²) in [5.41, 5.74) is 1.90. The van der Waals surface area contributed by atoms with Gasteiger partial charge in [-0.3, -0.25) is 0 Å². The molecule has 0 unspecified atom stereocenters. The zero-order chi connectivity index (χ0) is 15.1. The first-order valence-corrected chi connectivity index (χ1v) is 7.91. The van der Waals surface area contributed by atoms with E-state index in [0.29, 0.717) is 13.1 Å². The van der Waals surface area contributed by atoms with Crippen LogP contribution in [0.1, 0.15) is 43.7 Å². The number of hydrogen-bond acceptors (Lipinski definition) is 2. The Morgan fingerprint density at radius 1 is 1.19 bits per heavy atom. The molecule has 0 amide bonds. The first kappa shape index (κ1) is 15.8. The summed E-state index contributed by atoms with van der Waals surface area (Å²) in [6, 6.07) is 8.42. The molecule has 1 fully saturated rings. The van der Waals surface area contributed by atoms with Crippen LogP contribution in [0, 0.1) is 6.92 Å². The summed E-state index contributed by atoms with van der Waals surface area (Å²) >= 11 is 0. The van der Waals surface area contributed by atoms with Crippen molar-refractivity contribution in [1.82, 2.24) is 10.6 Å². The van der Waals surface area contributed by atoms with Crippen LogP contribution in [0.5, 0.6) is 0 Å². The maximum Gasteiger partial charge on any atom is 0.191 e. The molecule has 0 bridgehead atoms. The van der Waals surface area contributed by atoms with Crippen LogP contribution >= 0.6 is 0 Å². The average molecular weight is 289 g/mol. The Morgan fingerprint density at radius 2 is 1.86 bits per heavy atom. The fraction of sp³-hybridized carbons (Fsp3) is 0.588. The second-order valence-electron chi connectivity index (χ2n) is 5.97. The van der Waals surface area contributed by atoms with E-state index in [1.807, 2.05) is 6.92 Å². The number of nitrogens with zero attached hydrogens (tertiary/aromatic N) is 1. The maximum atomic E-state index is 10.4. The van der Waals surface area contributed by atoms with Crippen molar-refractivity contribution in [3.63, 3.8) is 0 Å². The molecule has 1 aromatic carbocycles. The van der Waals surface area contributed by atoms with Gasteiger partial charge in [-0.25, -0.2) is 4.99 Å². The Kier molecular flexibility index (Phi) is 5.62. The number of benzene rings is 1. The zero-order valence-electron chi connectivity index (χ0n) is 13.2. The third kappa shape index (κ3) is 5.05. The third-order valence-corrected chi connectivity index (χ3v) is 4.00. The number of aryl methyl sites for hydroxylation is 1. The second-order valence-corrected chi connectivity index (χ2v) is 5.97. The van der Waals surface area contributed by atoms with Gasteiger partial charge in [0, 0.05) is 13.1 Å². The van der Waals surface area contributed by atoms with E-state index in [1.54, 1.807) is 0 Å². The summed E-state index contributed by atoms with van der Waals surface area (Å²) in [5.74, 6) is 0.776. The molecule has 0 saturated heterocycles. The number of guanidine groups is 1. The number of aliphatic imine (C=N–C) groups is 1. The Hall–Kier alpha value is -1.55. The highest BCUT2D eigenvalue weighted by Gasteiger charge is 2.30. The van der Waals surface area contributed by atoms with Gasteiger partial charge < -0.3 is 15.7 Å². The number of hydrogen-bond donors (Lipinski definition) is 3. The minimum absolute atomic E-state index is 0.556. The van der Waals surface area contributed by atoms with Crippen molar-refractivity contribution in [1.29, 1.82) is 0 Å². The van der Waals surface area contributed by atoms with Gasteiger partial charge in [0.1, 0.15) is 0 Å². The molecular weight excluding hydrogens is 262 g/mol. The molecule has 1 aromatic rings. The molecule has 4 heteroatoms. The molecule has 116 valence electrons. The van der Waals surface area contributed by atoms with Crippen LogP contribution in [0.25, 0.3) is 0 Å². The van der Waals surface area contributed by atoms with Gasteiger partial charge in [-0.05, 0) is 32.3 Å². The SMILES string of the molecule is CCNC(=NCc1ccc(C)cc1)NCC1(O)CCCC1. The van der Waals surface area contributed by atoms with Crippen molar-refractivity contribution in [2.24, 2.45) is 4.99 Å². The summed E-state index contributed by atoms with van der Waals surface area (Å²) in [6.07, 6.45) is 4.01. The minimum atomic E-state index is -0.556. The smallest absolute Gasteiger partial charge is 0.191 e. The molecule has 1 saturated carbocycles. The lowest BCUT2D eigenvalue weighted by atomic mass is 10.0. The molecule has 0 atom stereocenters. The van der Waals surface area contributed by atoms with E-state index >= 15 is 0 Å². The molecule has 3 N–H and O–H groups in total. The van der Waals surface area contributed by atoms with Crippen molar-refractivity contribution in [3.05, 3.63) is 35.4 Å². The van der Waals surface area contributed by atoms with E-state index in [1.165, 1.54) is 11.1 Å². The van der Waals surface area contributed by atoms with E-state index in [0.717, 1.165) is 38.2 Å². The van der Waals surface area contributed by atoms with Crippen LogP contribution in [-0.4, -0.2) is 29.8 Å². The highest BCUT2D eigenvalue weighted by molar-refractivity contribution is 5.79. The standard InChI is InChI=1S/C17H27N3O/c1-3-18-16(20-13-17(21)10-4-5-11-17)19-12-15-8-6-14(2)7-9-15/h6-9,21H,3-5,10-13H2,1-2H3,(H2,18,19,20). The van der Waals surface area contributed by atoms with Crippen molar-refractivity contribution in [2.45, 2.75) is 51.7 Å². The Bertz CT molecular complexity index is 461. The van der Waals surface area contributed by atoms with Gasteiger partial charge in [-0.2, -0.15) is 0 Å². The first-order chi connectivity index (χ1) is 10.1. The predicted molar refractivity (Wildman–Crippen MR) is 87.4 cm³/mol. The van der Waals surface area contributed by atoms with Crippen molar-refractivity contribution in [3.8, 4) is 0 Å². The van der Waals surface area contributed by atoms with Gasteiger partial charge in [-0.1, -0.05) is 42.7 Å². The topological polar surface area (TPSA) is 56.7 Å². The van der Waals surface area contributed by atoms with Crippen molar-refractivity contribution in [2.75, 3.05) is 13.1 Å². The molecular formula is C17H27N3O. The molecule has 2 rings (SSSR count). The fourth-order valence-electron chi connectivity index (χ4n) is 2.66. The van der Waals surface area contributed by atoms with Crippen LogP contribution in [-0.2, 0) is 6.54 Å². The molecule has 1 aliphatic rings. The summed E-state index contributed by atoms with van der Waals surface area (Å²) < 4.78 is 0. The molecule has 0 heterocycles. The van der Waals surface area contributed by atoms with Crippen LogP contribution in [0.4, 0.5) is 0 Å². The molecule has 21 heavy (non-hydrogen) atoms. The third-order valence-electron chi connectivity index (χ3n) is 4.00. The summed E-state index contributed by atoms with van der Waals surface area (Å²) in [6.45, 7) is 6.17. The van der Waals surface area contributed by atoms with Gasteiger partial charge in [-0.15, -0.1) is 0 Å². The fourth-order valence-corrected chi connectivity index (χ4v) is 2.66. The maximum absolute atomic E-state index is 10.4. The normalized spacial score (nSPS) is 17.8. The van der Waals surface area contributed by atoms with Gasteiger partial charge in [0.15, 0.2) is 5.96 Å². The van der Waals surface area contributed by atoms with E-state index in [4.69, 9.17) is 0 Å². The lowest BCUT2D eigenvalue weighted by Gasteiger charge is -2.23. The van der Waals surface area contributed by atoms with E-state index in [2.05, 4.69) is 46.8 Å². The molecule has 0 radical (unpaired) electrons. The molecule has 4 nitrogen and oxygen atoms in total. The molecule has 0 spiro atoms. The Balaban J connectivity index is 1.90.